The van der Waals surface area contributed by atoms with Crippen molar-refractivity contribution in [1.82, 2.24) is 9.80 Å². The van der Waals surface area contributed by atoms with Crippen molar-refractivity contribution in [2.75, 3.05) is 47.0 Å². The van der Waals surface area contributed by atoms with Crippen LogP contribution in [-0.2, 0) is 9.53 Å². The molecule has 5 nitrogen and oxygen atoms in total. The maximum atomic E-state index is 12.1. The van der Waals surface area contributed by atoms with Crippen LogP contribution in [0.4, 0.5) is 0 Å². The van der Waals surface area contributed by atoms with Crippen molar-refractivity contribution in [2.24, 2.45) is 5.41 Å². The fourth-order valence-corrected chi connectivity index (χ4v) is 2.48. The number of nitrogens with zero attached hydrogens (tertiary/aromatic N) is 2. The van der Waals surface area contributed by atoms with Gasteiger partial charge in [-0.3, -0.25) is 9.69 Å². The van der Waals surface area contributed by atoms with Crippen molar-refractivity contribution in [1.29, 1.82) is 0 Å². The average molecular weight is 244 g/mol. The molecule has 1 N–H and O–H groups in total. The van der Waals surface area contributed by atoms with Gasteiger partial charge in [0.05, 0.1) is 13.2 Å². The molecule has 1 heterocycles. The zero-order chi connectivity index (χ0) is 13.1. The van der Waals surface area contributed by atoms with E-state index in [9.17, 15) is 9.90 Å². The Balaban J connectivity index is 2.85. The van der Waals surface area contributed by atoms with Gasteiger partial charge in [-0.05, 0) is 5.41 Å². The lowest BCUT2D eigenvalue weighted by Crippen LogP contribution is -2.48. The van der Waals surface area contributed by atoms with Gasteiger partial charge in [-0.1, -0.05) is 13.8 Å². The third-order valence-electron chi connectivity index (χ3n) is 3.15. The summed E-state index contributed by atoms with van der Waals surface area (Å²) >= 11 is 0. The van der Waals surface area contributed by atoms with Crippen molar-refractivity contribution in [2.45, 2.75) is 19.9 Å². The molecule has 0 aromatic heterocycles. The molecule has 1 unspecified atom stereocenters. The number of amides is 1. The van der Waals surface area contributed by atoms with Gasteiger partial charge in [-0.2, -0.15) is 0 Å². The summed E-state index contributed by atoms with van der Waals surface area (Å²) in [5.41, 5.74) is 0.0298. The highest BCUT2D eigenvalue weighted by Gasteiger charge is 2.37. The predicted molar refractivity (Wildman–Crippen MR) is 65.7 cm³/mol. The summed E-state index contributed by atoms with van der Waals surface area (Å²) in [7, 11) is 3.44. The molecule has 1 aliphatic rings. The SMILES string of the molecule is COCCN1CC(C)(C)CN(C)C(=O)C1CO. The normalized spacial score (nSPS) is 26.1. The smallest absolute Gasteiger partial charge is 0.242 e. The monoisotopic (exact) mass is 244 g/mol. The Morgan fingerprint density at radius 2 is 2.12 bits per heavy atom. The van der Waals surface area contributed by atoms with Gasteiger partial charge in [0, 0.05) is 33.8 Å². The first-order chi connectivity index (χ1) is 7.91. The lowest BCUT2D eigenvalue weighted by molar-refractivity contribution is -0.135. The Morgan fingerprint density at radius 1 is 1.47 bits per heavy atom. The first kappa shape index (κ1) is 14.4. The Morgan fingerprint density at radius 3 is 2.65 bits per heavy atom. The minimum Gasteiger partial charge on any atom is -0.394 e. The van der Waals surface area contributed by atoms with E-state index in [0.29, 0.717) is 19.7 Å². The summed E-state index contributed by atoms with van der Waals surface area (Å²) in [5.74, 6) is -0.00539. The molecule has 0 radical (unpaired) electrons. The number of aliphatic hydroxyl groups excluding tert-OH is 1. The number of methoxy groups -OCH3 is 1. The topological polar surface area (TPSA) is 53.0 Å². The Kier molecular flexibility index (Phi) is 4.91. The number of hydrogen-bond acceptors (Lipinski definition) is 4. The van der Waals surface area contributed by atoms with Crippen molar-refractivity contribution >= 4 is 5.91 Å². The summed E-state index contributed by atoms with van der Waals surface area (Å²) in [6.45, 7) is 6.88. The number of carbonyl (C=O) groups is 1. The number of rotatable bonds is 4. The average Bonchev–Trinajstić information content (AvgIpc) is 2.32. The zero-order valence-corrected chi connectivity index (χ0v) is 11.3. The molecule has 0 aliphatic carbocycles. The Labute approximate surface area is 103 Å². The van der Waals surface area contributed by atoms with Crippen LogP contribution in [0.5, 0.6) is 0 Å². The molecule has 0 bridgehead atoms. The second kappa shape index (κ2) is 5.80. The zero-order valence-electron chi connectivity index (χ0n) is 11.3. The molecule has 5 heteroatoms. The largest absolute Gasteiger partial charge is 0.394 e. The van der Waals surface area contributed by atoms with Gasteiger partial charge in [0.25, 0.3) is 0 Å². The molecule has 17 heavy (non-hydrogen) atoms. The van der Waals surface area contributed by atoms with E-state index >= 15 is 0 Å². The highest BCUT2D eigenvalue weighted by atomic mass is 16.5. The maximum absolute atomic E-state index is 12.1. The van der Waals surface area contributed by atoms with Crippen molar-refractivity contribution in [3.8, 4) is 0 Å². The predicted octanol–water partition coefficient (Wildman–Crippen LogP) is -0.206. The molecule has 1 saturated heterocycles. The van der Waals surface area contributed by atoms with Gasteiger partial charge in [-0.15, -0.1) is 0 Å². The van der Waals surface area contributed by atoms with Gasteiger partial charge in [0.2, 0.25) is 5.91 Å². The first-order valence-corrected chi connectivity index (χ1v) is 6.00. The molecular weight excluding hydrogens is 220 g/mol. The van der Waals surface area contributed by atoms with Crippen molar-refractivity contribution in [3.05, 3.63) is 0 Å². The Bertz CT molecular complexity index is 268. The highest BCUT2D eigenvalue weighted by molar-refractivity contribution is 5.82. The van der Waals surface area contributed by atoms with E-state index in [-0.39, 0.29) is 17.9 Å². The molecule has 1 atom stereocenters. The van der Waals surface area contributed by atoms with E-state index in [1.54, 1.807) is 19.1 Å². The number of likely N-dealkylation sites (N-methyl/N-ethyl adjacent to an activating group) is 1. The van der Waals surface area contributed by atoms with Crippen LogP contribution in [0, 0.1) is 5.41 Å². The minimum atomic E-state index is -0.433. The van der Waals surface area contributed by atoms with E-state index in [1.165, 1.54) is 0 Å². The molecule has 0 aromatic rings. The minimum absolute atomic E-state index is 0.00539. The molecule has 1 rings (SSSR count). The quantitative estimate of drug-likeness (QED) is 0.744. The molecule has 0 aromatic carbocycles. The summed E-state index contributed by atoms with van der Waals surface area (Å²) in [6.07, 6.45) is 0. The Hall–Kier alpha value is -0.650. The van der Waals surface area contributed by atoms with Crippen LogP contribution >= 0.6 is 0 Å². The summed E-state index contributed by atoms with van der Waals surface area (Å²) in [5, 5.41) is 9.41. The van der Waals surface area contributed by atoms with Crippen molar-refractivity contribution in [3.63, 3.8) is 0 Å². The molecular formula is C12H24N2O3. The van der Waals surface area contributed by atoms with E-state index in [4.69, 9.17) is 4.74 Å². The first-order valence-electron chi connectivity index (χ1n) is 6.00. The van der Waals surface area contributed by atoms with Gasteiger partial charge >= 0.3 is 0 Å². The van der Waals surface area contributed by atoms with Gasteiger partial charge in [0.15, 0.2) is 0 Å². The fraction of sp³-hybridized carbons (Fsp3) is 0.917. The van der Waals surface area contributed by atoms with Crippen LogP contribution in [0.1, 0.15) is 13.8 Å². The standard InChI is InChI=1S/C12H24N2O3/c1-12(2)8-13(3)11(16)10(7-15)14(9-12)5-6-17-4/h10,15H,5-9H2,1-4H3. The maximum Gasteiger partial charge on any atom is 0.242 e. The van der Waals surface area contributed by atoms with Crippen LogP contribution in [0.25, 0.3) is 0 Å². The van der Waals surface area contributed by atoms with E-state index < -0.39 is 6.04 Å². The van der Waals surface area contributed by atoms with Gasteiger partial charge in [-0.25, -0.2) is 0 Å². The van der Waals surface area contributed by atoms with E-state index in [2.05, 4.69) is 13.8 Å². The molecule has 1 amide bonds. The molecule has 1 fully saturated rings. The lowest BCUT2D eigenvalue weighted by Gasteiger charge is -2.31. The van der Waals surface area contributed by atoms with E-state index in [0.717, 1.165) is 6.54 Å². The summed E-state index contributed by atoms with van der Waals surface area (Å²) in [4.78, 5) is 15.9. The van der Waals surface area contributed by atoms with Crippen molar-refractivity contribution < 1.29 is 14.6 Å². The number of carbonyl (C=O) groups excluding carboxylic acids is 1. The van der Waals surface area contributed by atoms with Gasteiger partial charge < -0.3 is 14.7 Å². The summed E-state index contributed by atoms with van der Waals surface area (Å²) in [6, 6.07) is -0.433. The summed E-state index contributed by atoms with van der Waals surface area (Å²) < 4.78 is 5.06. The van der Waals surface area contributed by atoms with E-state index in [1.807, 2.05) is 4.90 Å². The van der Waals surface area contributed by atoms with Crippen LogP contribution in [0.2, 0.25) is 0 Å². The van der Waals surface area contributed by atoms with Crippen LogP contribution in [0.3, 0.4) is 0 Å². The van der Waals surface area contributed by atoms with Crippen LogP contribution < -0.4 is 0 Å². The highest BCUT2D eigenvalue weighted by Crippen LogP contribution is 2.24. The number of ether oxygens (including phenoxy) is 1. The molecule has 0 spiro atoms. The molecule has 1 aliphatic heterocycles. The van der Waals surface area contributed by atoms with Gasteiger partial charge in [0.1, 0.15) is 6.04 Å². The van der Waals surface area contributed by atoms with Crippen LogP contribution in [0.15, 0.2) is 0 Å². The third-order valence-corrected chi connectivity index (χ3v) is 3.15. The second-order valence-corrected chi connectivity index (χ2v) is 5.52. The lowest BCUT2D eigenvalue weighted by atomic mass is 9.92. The van der Waals surface area contributed by atoms with Crippen LogP contribution in [-0.4, -0.2) is 73.9 Å². The second-order valence-electron chi connectivity index (χ2n) is 5.52. The molecule has 100 valence electrons. The third kappa shape index (κ3) is 3.66. The number of aliphatic hydroxyl groups is 1. The fourth-order valence-electron chi connectivity index (χ4n) is 2.48. The molecule has 0 saturated carbocycles. The number of hydrogen-bond donors (Lipinski definition) is 1.